The summed E-state index contributed by atoms with van der Waals surface area (Å²) in [5.74, 6) is 0.225. The Hall–Kier alpha value is -5.00. The quantitative estimate of drug-likeness (QED) is 0.210. The lowest BCUT2D eigenvalue weighted by Gasteiger charge is -2.40. The minimum atomic E-state index is -0.459. The maximum Gasteiger partial charge on any atom is 0.329 e. The fourth-order valence-corrected chi connectivity index (χ4v) is 7.71. The molecule has 51 heavy (non-hydrogen) atoms. The summed E-state index contributed by atoms with van der Waals surface area (Å²) in [6, 6.07) is 26.8. The summed E-state index contributed by atoms with van der Waals surface area (Å²) in [6.45, 7) is 6.62. The van der Waals surface area contributed by atoms with Crippen LogP contribution in [0.2, 0.25) is 5.02 Å². The lowest BCUT2D eigenvalue weighted by atomic mass is 9.89. The number of imide groups is 1. The zero-order valence-corrected chi connectivity index (χ0v) is 29.9. The molecule has 0 bridgehead atoms. The van der Waals surface area contributed by atoms with Crippen molar-refractivity contribution in [3.63, 3.8) is 0 Å². The second-order valence-corrected chi connectivity index (χ2v) is 14.2. The summed E-state index contributed by atoms with van der Waals surface area (Å²) in [5, 5.41) is 15.3. The van der Waals surface area contributed by atoms with Gasteiger partial charge in [0, 0.05) is 73.7 Å². The molecule has 2 atom stereocenters. The first-order chi connectivity index (χ1) is 24.6. The van der Waals surface area contributed by atoms with Crippen molar-refractivity contribution in [3.8, 4) is 11.1 Å². The molecule has 11 nitrogen and oxygen atoms in total. The van der Waals surface area contributed by atoms with Crippen LogP contribution < -0.4 is 25.3 Å². The van der Waals surface area contributed by atoms with E-state index in [0.29, 0.717) is 30.0 Å². The van der Waals surface area contributed by atoms with Gasteiger partial charge in [0.1, 0.15) is 0 Å². The van der Waals surface area contributed by atoms with E-state index in [9.17, 15) is 14.4 Å². The van der Waals surface area contributed by atoms with Crippen LogP contribution in [0.3, 0.4) is 0 Å². The van der Waals surface area contributed by atoms with Gasteiger partial charge in [-0.1, -0.05) is 29.8 Å². The number of halogens is 1. The Morgan fingerprint density at radius 3 is 2.33 bits per heavy atom. The molecule has 0 saturated carbocycles. The first-order valence-electron chi connectivity index (χ1n) is 17.6. The predicted octanol–water partition coefficient (Wildman–Crippen LogP) is 6.64. The molecule has 0 radical (unpaired) electrons. The van der Waals surface area contributed by atoms with Gasteiger partial charge >= 0.3 is 6.03 Å². The average Bonchev–Trinajstić information content (AvgIpc) is 3.13. The lowest BCUT2D eigenvalue weighted by Crippen LogP contribution is -2.50. The van der Waals surface area contributed by atoms with Gasteiger partial charge in [-0.05, 0) is 111 Å². The molecule has 0 spiro atoms. The number of piperidine rings is 1. The van der Waals surface area contributed by atoms with E-state index in [4.69, 9.17) is 11.6 Å². The average molecular weight is 707 g/mol. The van der Waals surface area contributed by atoms with Gasteiger partial charge in [-0.25, -0.2) is 4.79 Å². The highest BCUT2D eigenvalue weighted by molar-refractivity contribution is 6.30. The van der Waals surface area contributed by atoms with Crippen LogP contribution in [0.1, 0.15) is 56.8 Å². The van der Waals surface area contributed by atoms with Gasteiger partial charge in [-0.3, -0.25) is 24.7 Å². The third-order valence-electron chi connectivity index (χ3n) is 10.3. The molecule has 3 aliphatic heterocycles. The molecular weight excluding hydrogens is 664 g/mol. The van der Waals surface area contributed by atoms with Crippen molar-refractivity contribution in [3.05, 3.63) is 95.1 Å². The SMILES string of the molecule is CC(=O)N1c2ccc(-c3ccc(N4CCC(N(C)Cc5ccc(N6CCC(=O)NC6=O)nn5)CC4)cc3)cc2C(Nc2ccc(Cl)cc2)CC1C. The topological polar surface area (TPSA) is 114 Å². The number of nitrogens with zero attached hydrogens (tertiary/aromatic N) is 6. The Balaban J connectivity index is 0.980. The van der Waals surface area contributed by atoms with Crippen LogP contribution in [-0.2, 0) is 16.1 Å². The first-order valence-corrected chi connectivity index (χ1v) is 18.0. The molecule has 1 aromatic heterocycles. The van der Waals surface area contributed by atoms with Crippen LogP contribution in [0.5, 0.6) is 0 Å². The molecule has 3 aromatic carbocycles. The normalized spacial score (nSPS) is 19.6. The van der Waals surface area contributed by atoms with Gasteiger partial charge in [0.2, 0.25) is 11.8 Å². The summed E-state index contributed by atoms with van der Waals surface area (Å²) in [5.41, 5.74) is 7.36. The number of amides is 4. The molecule has 4 amide bonds. The number of nitrogens with one attached hydrogen (secondary N) is 2. The summed E-state index contributed by atoms with van der Waals surface area (Å²) < 4.78 is 0. The van der Waals surface area contributed by atoms with Crippen LogP contribution in [0, 0.1) is 0 Å². The van der Waals surface area contributed by atoms with Crippen molar-refractivity contribution in [2.45, 2.75) is 64.2 Å². The first kappa shape index (κ1) is 34.4. The van der Waals surface area contributed by atoms with Gasteiger partial charge in [0.05, 0.1) is 11.7 Å². The number of hydrogen-bond donors (Lipinski definition) is 2. The van der Waals surface area contributed by atoms with E-state index in [0.717, 1.165) is 66.1 Å². The minimum Gasteiger partial charge on any atom is -0.378 e. The number of rotatable bonds is 8. The van der Waals surface area contributed by atoms with Gasteiger partial charge < -0.3 is 15.1 Å². The van der Waals surface area contributed by atoms with E-state index in [1.807, 2.05) is 35.2 Å². The number of carbonyl (C=O) groups is 3. The summed E-state index contributed by atoms with van der Waals surface area (Å²) in [7, 11) is 2.12. The fourth-order valence-electron chi connectivity index (χ4n) is 7.59. The maximum atomic E-state index is 12.7. The number of aromatic nitrogens is 2. The molecule has 264 valence electrons. The predicted molar refractivity (Wildman–Crippen MR) is 201 cm³/mol. The van der Waals surface area contributed by atoms with Crippen molar-refractivity contribution < 1.29 is 14.4 Å². The summed E-state index contributed by atoms with van der Waals surface area (Å²) >= 11 is 6.14. The van der Waals surface area contributed by atoms with Crippen molar-refractivity contribution in [1.82, 2.24) is 20.4 Å². The number of urea groups is 1. The van der Waals surface area contributed by atoms with E-state index in [2.05, 4.69) is 87.1 Å². The molecule has 2 saturated heterocycles. The number of carbonyl (C=O) groups excluding carboxylic acids is 3. The summed E-state index contributed by atoms with van der Waals surface area (Å²) in [4.78, 5) is 44.4. The van der Waals surface area contributed by atoms with Crippen LogP contribution in [-0.4, -0.2) is 71.7 Å². The van der Waals surface area contributed by atoms with Gasteiger partial charge in [0.25, 0.3) is 0 Å². The van der Waals surface area contributed by atoms with Crippen molar-refractivity contribution in [1.29, 1.82) is 0 Å². The van der Waals surface area contributed by atoms with E-state index in [-0.39, 0.29) is 30.3 Å². The summed E-state index contributed by atoms with van der Waals surface area (Å²) in [6.07, 6.45) is 3.11. The molecule has 0 aliphatic carbocycles. The van der Waals surface area contributed by atoms with Crippen LogP contribution >= 0.6 is 11.6 Å². The number of benzene rings is 3. The Morgan fingerprint density at radius 1 is 0.941 bits per heavy atom. The molecule has 2 N–H and O–H groups in total. The van der Waals surface area contributed by atoms with Crippen molar-refractivity contribution in [2.24, 2.45) is 0 Å². The molecule has 12 heteroatoms. The monoisotopic (exact) mass is 706 g/mol. The minimum absolute atomic E-state index is 0.0488. The molecule has 4 aromatic rings. The van der Waals surface area contributed by atoms with Gasteiger partial charge in [-0.15, -0.1) is 5.10 Å². The Kier molecular flexibility index (Phi) is 9.93. The highest BCUT2D eigenvalue weighted by Crippen LogP contribution is 2.41. The molecular formula is C39H43ClN8O3. The Morgan fingerprint density at radius 2 is 1.67 bits per heavy atom. The Bertz CT molecular complexity index is 1900. The second kappa shape index (κ2) is 14.7. The zero-order valence-electron chi connectivity index (χ0n) is 29.2. The van der Waals surface area contributed by atoms with Gasteiger partial charge in [0.15, 0.2) is 5.82 Å². The smallest absolute Gasteiger partial charge is 0.329 e. The highest BCUT2D eigenvalue weighted by Gasteiger charge is 2.33. The third-order valence-corrected chi connectivity index (χ3v) is 10.6. The number of hydrogen-bond acceptors (Lipinski definition) is 8. The molecule has 2 fully saturated rings. The highest BCUT2D eigenvalue weighted by atomic mass is 35.5. The van der Waals surface area contributed by atoms with Gasteiger partial charge in [-0.2, -0.15) is 5.10 Å². The second-order valence-electron chi connectivity index (χ2n) is 13.8. The standard InChI is InChI=1S/C39H43ClN8O3/c1-25-22-35(41-30-9-7-29(40)8-10-30)34-23-28(6-14-36(34)48(25)26(2)49)27-4-12-33(13-5-27)46-19-16-32(17-20-46)45(3)24-31-11-15-37(44-43-31)47-21-18-38(50)42-39(47)51/h4-15,23,25,32,35,41H,16-22,24H2,1-3H3,(H,42,50,51). The van der Waals surface area contributed by atoms with E-state index < -0.39 is 6.03 Å². The fraction of sp³-hybridized carbons (Fsp3) is 0.359. The molecule has 3 aliphatic rings. The Labute approximate surface area is 303 Å². The molecule has 4 heterocycles. The lowest BCUT2D eigenvalue weighted by molar-refractivity contribution is -0.120. The number of fused-ring (bicyclic) bond motifs is 1. The van der Waals surface area contributed by atoms with E-state index in [1.54, 1.807) is 13.0 Å². The van der Waals surface area contributed by atoms with Crippen LogP contribution in [0.15, 0.2) is 78.9 Å². The largest absolute Gasteiger partial charge is 0.378 e. The van der Waals surface area contributed by atoms with E-state index in [1.165, 1.54) is 10.6 Å². The zero-order chi connectivity index (χ0) is 35.6. The molecule has 7 rings (SSSR count). The maximum absolute atomic E-state index is 12.7. The molecule has 2 unspecified atom stereocenters. The van der Waals surface area contributed by atoms with Crippen LogP contribution in [0.4, 0.5) is 27.7 Å². The van der Waals surface area contributed by atoms with Crippen molar-refractivity contribution in [2.75, 3.05) is 46.7 Å². The third kappa shape index (κ3) is 7.55. The number of anilines is 4. The van der Waals surface area contributed by atoms with Crippen molar-refractivity contribution >= 4 is 52.3 Å². The van der Waals surface area contributed by atoms with E-state index >= 15 is 0 Å². The van der Waals surface area contributed by atoms with Crippen LogP contribution in [0.25, 0.3) is 11.1 Å².